The fourth-order valence-electron chi connectivity index (χ4n) is 2.01. The molecule has 2 rings (SSSR count). The van der Waals surface area contributed by atoms with Gasteiger partial charge < -0.3 is 5.11 Å². The van der Waals surface area contributed by atoms with Crippen molar-refractivity contribution in [3.8, 4) is 0 Å². The standard InChI is InChI=1S/C18H20OS/c1-3-15(13-20-17-7-5-4-6-8-17)18(19)16-11-9-14(2)10-12-16/h3-12,15,18-19H,1,13H2,2H3/t15-,18+/m0/s1. The number of hydrogen-bond acceptors (Lipinski definition) is 2. The lowest BCUT2D eigenvalue weighted by Crippen LogP contribution is -2.12. The molecule has 0 saturated heterocycles. The van der Waals surface area contributed by atoms with Crippen LogP contribution in [0.2, 0.25) is 0 Å². The van der Waals surface area contributed by atoms with Crippen molar-refractivity contribution in [3.63, 3.8) is 0 Å². The zero-order chi connectivity index (χ0) is 14.4. The molecule has 0 aliphatic carbocycles. The van der Waals surface area contributed by atoms with Gasteiger partial charge in [0.1, 0.15) is 0 Å². The Bertz CT molecular complexity index is 533. The van der Waals surface area contributed by atoms with Crippen LogP contribution in [-0.4, -0.2) is 10.9 Å². The van der Waals surface area contributed by atoms with Gasteiger partial charge >= 0.3 is 0 Å². The first-order valence-electron chi connectivity index (χ1n) is 6.75. The maximum absolute atomic E-state index is 10.5. The van der Waals surface area contributed by atoms with E-state index in [9.17, 15) is 5.11 Å². The van der Waals surface area contributed by atoms with Crippen LogP contribution in [0.1, 0.15) is 17.2 Å². The highest BCUT2D eigenvalue weighted by Crippen LogP contribution is 2.29. The summed E-state index contributed by atoms with van der Waals surface area (Å²) in [5, 5.41) is 10.5. The van der Waals surface area contributed by atoms with Gasteiger partial charge in [-0.1, -0.05) is 54.1 Å². The second kappa shape index (κ2) is 7.32. The predicted molar refractivity (Wildman–Crippen MR) is 87.0 cm³/mol. The smallest absolute Gasteiger partial charge is 0.0860 e. The Morgan fingerprint density at radius 1 is 1.10 bits per heavy atom. The number of aliphatic hydroxyl groups excluding tert-OH is 1. The van der Waals surface area contributed by atoms with Gasteiger partial charge in [-0.2, -0.15) is 0 Å². The van der Waals surface area contributed by atoms with E-state index in [1.165, 1.54) is 10.5 Å². The van der Waals surface area contributed by atoms with Gasteiger partial charge in [-0.15, -0.1) is 18.3 Å². The largest absolute Gasteiger partial charge is 0.388 e. The Morgan fingerprint density at radius 3 is 2.35 bits per heavy atom. The third-order valence-corrected chi connectivity index (χ3v) is 4.47. The number of hydrogen-bond donors (Lipinski definition) is 1. The van der Waals surface area contributed by atoms with Gasteiger partial charge in [0, 0.05) is 16.6 Å². The molecule has 0 unspecified atom stereocenters. The van der Waals surface area contributed by atoms with Crippen LogP contribution in [0.25, 0.3) is 0 Å². The molecule has 1 nitrogen and oxygen atoms in total. The van der Waals surface area contributed by atoms with Gasteiger partial charge in [-0.3, -0.25) is 0 Å². The van der Waals surface area contributed by atoms with Crippen molar-refractivity contribution in [3.05, 3.63) is 78.4 Å². The van der Waals surface area contributed by atoms with Crippen LogP contribution >= 0.6 is 11.8 Å². The summed E-state index contributed by atoms with van der Waals surface area (Å²) >= 11 is 1.75. The van der Waals surface area contributed by atoms with E-state index in [0.717, 1.165) is 11.3 Å². The van der Waals surface area contributed by atoms with Crippen molar-refractivity contribution in [2.24, 2.45) is 5.92 Å². The highest BCUT2D eigenvalue weighted by molar-refractivity contribution is 7.99. The molecular weight excluding hydrogens is 264 g/mol. The van der Waals surface area contributed by atoms with Crippen LogP contribution in [0.4, 0.5) is 0 Å². The third-order valence-electron chi connectivity index (χ3n) is 3.31. The molecule has 0 aromatic heterocycles. The van der Waals surface area contributed by atoms with Crippen LogP contribution in [0.15, 0.2) is 72.1 Å². The summed E-state index contributed by atoms with van der Waals surface area (Å²) in [4.78, 5) is 1.22. The quantitative estimate of drug-likeness (QED) is 0.617. The Morgan fingerprint density at radius 2 is 1.75 bits per heavy atom. The van der Waals surface area contributed by atoms with Crippen molar-refractivity contribution < 1.29 is 5.11 Å². The van der Waals surface area contributed by atoms with E-state index < -0.39 is 6.10 Å². The van der Waals surface area contributed by atoms with Crippen molar-refractivity contribution in [1.82, 2.24) is 0 Å². The molecule has 0 spiro atoms. The molecule has 0 amide bonds. The molecule has 2 heteroatoms. The number of thioether (sulfide) groups is 1. The van der Waals surface area contributed by atoms with Gasteiger partial charge in [0.05, 0.1) is 6.10 Å². The lowest BCUT2D eigenvalue weighted by atomic mass is 9.97. The van der Waals surface area contributed by atoms with E-state index in [0.29, 0.717) is 0 Å². The Labute approximate surface area is 125 Å². The van der Waals surface area contributed by atoms with Crippen molar-refractivity contribution in [2.45, 2.75) is 17.9 Å². The van der Waals surface area contributed by atoms with Gasteiger partial charge in [0.15, 0.2) is 0 Å². The molecule has 0 heterocycles. The van der Waals surface area contributed by atoms with Gasteiger partial charge in [-0.05, 0) is 24.6 Å². The molecule has 2 atom stereocenters. The molecule has 2 aromatic rings. The summed E-state index contributed by atoms with van der Waals surface area (Å²) in [5.41, 5.74) is 2.16. The minimum Gasteiger partial charge on any atom is -0.388 e. The molecule has 1 N–H and O–H groups in total. The first-order valence-corrected chi connectivity index (χ1v) is 7.74. The summed E-state index contributed by atoms with van der Waals surface area (Å²) in [7, 11) is 0. The fraction of sp³-hybridized carbons (Fsp3) is 0.222. The van der Waals surface area contributed by atoms with Crippen LogP contribution in [0, 0.1) is 12.8 Å². The lowest BCUT2D eigenvalue weighted by molar-refractivity contribution is 0.142. The van der Waals surface area contributed by atoms with Gasteiger partial charge in [-0.25, -0.2) is 0 Å². The number of benzene rings is 2. The lowest BCUT2D eigenvalue weighted by Gasteiger charge is -2.20. The summed E-state index contributed by atoms with van der Waals surface area (Å²) in [6.45, 7) is 5.91. The van der Waals surface area contributed by atoms with Gasteiger partial charge in [0.25, 0.3) is 0 Å². The minimum atomic E-state index is -0.496. The first kappa shape index (κ1) is 14.9. The topological polar surface area (TPSA) is 20.2 Å². The molecule has 20 heavy (non-hydrogen) atoms. The Kier molecular flexibility index (Phi) is 5.45. The van der Waals surface area contributed by atoms with E-state index >= 15 is 0 Å². The van der Waals surface area contributed by atoms with Crippen molar-refractivity contribution in [1.29, 1.82) is 0 Å². The fourth-order valence-corrected chi connectivity index (χ4v) is 3.06. The van der Waals surface area contributed by atoms with E-state index in [4.69, 9.17) is 0 Å². The normalized spacial score (nSPS) is 13.7. The Balaban J connectivity index is 2.00. The minimum absolute atomic E-state index is 0.0444. The maximum atomic E-state index is 10.5. The summed E-state index contributed by atoms with van der Waals surface area (Å²) in [6, 6.07) is 18.3. The van der Waals surface area contributed by atoms with E-state index in [2.05, 4.69) is 18.7 Å². The average molecular weight is 284 g/mol. The molecule has 0 bridgehead atoms. The van der Waals surface area contributed by atoms with Crippen LogP contribution < -0.4 is 0 Å². The zero-order valence-electron chi connectivity index (χ0n) is 11.7. The SMILES string of the molecule is C=C[C@@H](CSc1ccccc1)[C@@H](O)c1ccc(C)cc1. The molecule has 0 fully saturated rings. The first-order chi connectivity index (χ1) is 9.70. The van der Waals surface area contributed by atoms with E-state index in [1.54, 1.807) is 11.8 Å². The molecular formula is C18H20OS. The van der Waals surface area contributed by atoms with Crippen molar-refractivity contribution in [2.75, 3.05) is 5.75 Å². The highest BCUT2D eigenvalue weighted by atomic mass is 32.2. The average Bonchev–Trinajstić information content (AvgIpc) is 2.49. The molecule has 2 aromatic carbocycles. The third kappa shape index (κ3) is 3.99. The predicted octanol–water partition coefficient (Wildman–Crippen LogP) is 4.62. The number of aliphatic hydroxyl groups is 1. The van der Waals surface area contributed by atoms with Gasteiger partial charge in [0.2, 0.25) is 0 Å². The number of rotatable bonds is 6. The summed E-state index contributed by atoms with van der Waals surface area (Å²) in [5.74, 6) is 0.866. The highest BCUT2D eigenvalue weighted by Gasteiger charge is 2.18. The van der Waals surface area contributed by atoms with Crippen LogP contribution in [-0.2, 0) is 0 Å². The maximum Gasteiger partial charge on any atom is 0.0860 e. The summed E-state index contributed by atoms with van der Waals surface area (Å²) < 4.78 is 0. The van der Waals surface area contributed by atoms with Crippen molar-refractivity contribution >= 4 is 11.8 Å². The van der Waals surface area contributed by atoms with E-state index in [-0.39, 0.29) is 5.92 Å². The van der Waals surface area contributed by atoms with E-state index in [1.807, 2.05) is 55.5 Å². The molecule has 0 saturated carbocycles. The molecule has 104 valence electrons. The second-order valence-electron chi connectivity index (χ2n) is 4.88. The van der Waals surface area contributed by atoms with Crippen LogP contribution in [0.5, 0.6) is 0 Å². The monoisotopic (exact) mass is 284 g/mol. The molecule has 0 radical (unpaired) electrons. The van der Waals surface area contributed by atoms with Crippen LogP contribution in [0.3, 0.4) is 0 Å². The second-order valence-corrected chi connectivity index (χ2v) is 5.97. The number of aryl methyl sites for hydroxylation is 1. The molecule has 0 aliphatic rings. The Hall–Kier alpha value is -1.51. The zero-order valence-corrected chi connectivity index (χ0v) is 12.5. The molecule has 0 aliphatic heterocycles. The summed E-state index contributed by atoms with van der Waals surface area (Å²) in [6.07, 6.45) is 1.35.